The van der Waals surface area contributed by atoms with Crippen LogP contribution in [0.15, 0.2) is 10.7 Å². The third-order valence-electron chi connectivity index (χ3n) is 4.19. The maximum Gasteiger partial charge on any atom is 0.256 e. The Bertz CT molecular complexity index is 434. The number of aromatic nitrogens is 1. The first-order valence-electron chi connectivity index (χ1n) is 6.96. The highest BCUT2D eigenvalue weighted by atomic mass is 16.5. The monoisotopic (exact) mass is 266 g/mol. The first-order valence-corrected chi connectivity index (χ1v) is 6.96. The fraction of sp³-hybridized carbons (Fsp3) is 0.714. The van der Waals surface area contributed by atoms with E-state index in [-0.39, 0.29) is 5.91 Å². The van der Waals surface area contributed by atoms with Crippen LogP contribution in [-0.4, -0.2) is 28.3 Å². The summed E-state index contributed by atoms with van der Waals surface area (Å²) in [7, 11) is 0. The van der Waals surface area contributed by atoms with Crippen LogP contribution in [0, 0.1) is 12.8 Å². The summed E-state index contributed by atoms with van der Waals surface area (Å²) in [5.74, 6) is 0.986. The smallest absolute Gasteiger partial charge is 0.256 e. The standard InChI is InChI=1S/C14H22N2O3/c1-3-11-4-6-14(18,7-5-11)9-15-13(17)12-8-16-19-10(12)2/h8,11,18H,3-7,9H2,1-2H3,(H,15,17). The number of carbonyl (C=O) groups is 1. The molecule has 5 heteroatoms. The van der Waals surface area contributed by atoms with E-state index in [1.165, 1.54) is 12.6 Å². The van der Waals surface area contributed by atoms with Gasteiger partial charge in [0.25, 0.3) is 5.91 Å². The molecule has 0 bridgehead atoms. The minimum atomic E-state index is -0.758. The Labute approximate surface area is 113 Å². The molecule has 106 valence electrons. The van der Waals surface area contributed by atoms with E-state index in [1.807, 2.05) is 0 Å². The lowest BCUT2D eigenvalue weighted by Crippen LogP contribution is -2.45. The van der Waals surface area contributed by atoms with E-state index >= 15 is 0 Å². The Kier molecular flexibility index (Phi) is 4.24. The van der Waals surface area contributed by atoms with E-state index in [2.05, 4.69) is 17.4 Å². The van der Waals surface area contributed by atoms with E-state index in [0.717, 1.165) is 31.6 Å². The van der Waals surface area contributed by atoms with E-state index in [0.29, 0.717) is 17.9 Å². The quantitative estimate of drug-likeness (QED) is 0.874. The lowest BCUT2D eigenvalue weighted by Gasteiger charge is -2.35. The summed E-state index contributed by atoms with van der Waals surface area (Å²) in [5, 5.41) is 16.8. The third-order valence-corrected chi connectivity index (χ3v) is 4.19. The first kappa shape index (κ1) is 14.1. The molecule has 1 aliphatic carbocycles. The molecule has 1 aromatic heterocycles. The van der Waals surface area contributed by atoms with Crippen molar-refractivity contribution in [2.24, 2.45) is 5.92 Å². The summed E-state index contributed by atoms with van der Waals surface area (Å²) >= 11 is 0. The van der Waals surface area contributed by atoms with Crippen LogP contribution in [0.5, 0.6) is 0 Å². The van der Waals surface area contributed by atoms with Crippen molar-refractivity contribution in [3.8, 4) is 0 Å². The molecular weight excluding hydrogens is 244 g/mol. The molecule has 1 fully saturated rings. The van der Waals surface area contributed by atoms with Gasteiger partial charge < -0.3 is 14.9 Å². The van der Waals surface area contributed by atoms with Gasteiger partial charge in [-0.25, -0.2) is 0 Å². The number of hydrogen-bond donors (Lipinski definition) is 2. The van der Waals surface area contributed by atoms with Gasteiger partial charge in [0, 0.05) is 6.54 Å². The van der Waals surface area contributed by atoms with Crippen molar-refractivity contribution in [3.05, 3.63) is 17.5 Å². The van der Waals surface area contributed by atoms with Gasteiger partial charge in [0.2, 0.25) is 0 Å². The highest BCUT2D eigenvalue weighted by Gasteiger charge is 2.33. The fourth-order valence-electron chi connectivity index (χ4n) is 2.66. The lowest BCUT2D eigenvalue weighted by atomic mass is 9.78. The predicted octanol–water partition coefficient (Wildman–Crippen LogP) is 2.04. The molecule has 0 aliphatic heterocycles. The zero-order valence-corrected chi connectivity index (χ0v) is 11.6. The molecule has 0 aromatic carbocycles. The molecular formula is C14H22N2O3. The van der Waals surface area contributed by atoms with Crippen LogP contribution in [0.25, 0.3) is 0 Å². The Morgan fingerprint density at radius 3 is 2.79 bits per heavy atom. The van der Waals surface area contributed by atoms with Gasteiger partial charge in [0.15, 0.2) is 0 Å². The molecule has 1 amide bonds. The molecule has 0 atom stereocenters. The number of hydrogen-bond acceptors (Lipinski definition) is 4. The summed E-state index contributed by atoms with van der Waals surface area (Å²) in [6.45, 7) is 4.18. The molecule has 1 heterocycles. The molecule has 1 saturated carbocycles. The molecule has 5 nitrogen and oxygen atoms in total. The van der Waals surface area contributed by atoms with E-state index in [4.69, 9.17) is 4.52 Å². The summed E-state index contributed by atoms with van der Waals surface area (Å²) in [4.78, 5) is 11.9. The molecule has 1 aromatic rings. The van der Waals surface area contributed by atoms with Crippen LogP contribution in [0.2, 0.25) is 0 Å². The van der Waals surface area contributed by atoms with Crippen molar-refractivity contribution in [1.29, 1.82) is 0 Å². The summed E-state index contributed by atoms with van der Waals surface area (Å²) in [6.07, 6.45) is 6.16. The highest BCUT2D eigenvalue weighted by molar-refractivity contribution is 5.94. The maximum atomic E-state index is 11.9. The molecule has 0 radical (unpaired) electrons. The largest absolute Gasteiger partial charge is 0.388 e. The first-order chi connectivity index (χ1) is 9.04. The van der Waals surface area contributed by atoms with Gasteiger partial charge in [-0.1, -0.05) is 18.5 Å². The van der Waals surface area contributed by atoms with Gasteiger partial charge >= 0.3 is 0 Å². The molecule has 0 spiro atoms. The lowest BCUT2D eigenvalue weighted by molar-refractivity contribution is -0.00788. The molecule has 2 rings (SSSR count). The molecule has 1 aliphatic rings. The molecule has 2 N–H and O–H groups in total. The van der Waals surface area contributed by atoms with Gasteiger partial charge in [-0.15, -0.1) is 0 Å². The zero-order valence-electron chi connectivity index (χ0n) is 11.6. The SMILES string of the molecule is CCC1CCC(O)(CNC(=O)c2cnoc2C)CC1. The van der Waals surface area contributed by atoms with Crippen molar-refractivity contribution < 1.29 is 14.4 Å². The predicted molar refractivity (Wildman–Crippen MR) is 70.8 cm³/mol. The minimum absolute atomic E-state index is 0.232. The second-order valence-corrected chi connectivity index (χ2v) is 5.55. The van der Waals surface area contributed by atoms with Crippen LogP contribution in [0.4, 0.5) is 0 Å². The Morgan fingerprint density at radius 2 is 2.26 bits per heavy atom. The minimum Gasteiger partial charge on any atom is -0.388 e. The van der Waals surface area contributed by atoms with Crippen molar-refractivity contribution in [1.82, 2.24) is 10.5 Å². The van der Waals surface area contributed by atoms with Crippen LogP contribution >= 0.6 is 0 Å². The Balaban J connectivity index is 1.85. The Morgan fingerprint density at radius 1 is 1.58 bits per heavy atom. The van der Waals surface area contributed by atoms with Crippen molar-refractivity contribution in [2.75, 3.05) is 6.54 Å². The van der Waals surface area contributed by atoms with Crippen LogP contribution in [0.3, 0.4) is 0 Å². The van der Waals surface area contributed by atoms with E-state index < -0.39 is 5.60 Å². The van der Waals surface area contributed by atoms with Crippen molar-refractivity contribution >= 4 is 5.91 Å². The van der Waals surface area contributed by atoms with E-state index in [1.54, 1.807) is 6.92 Å². The number of carbonyl (C=O) groups excluding carboxylic acids is 1. The summed E-state index contributed by atoms with van der Waals surface area (Å²) < 4.78 is 4.86. The van der Waals surface area contributed by atoms with Crippen molar-refractivity contribution in [2.45, 2.75) is 51.6 Å². The molecule has 0 saturated heterocycles. The fourth-order valence-corrected chi connectivity index (χ4v) is 2.66. The van der Waals surface area contributed by atoms with Gasteiger partial charge in [-0.2, -0.15) is 0 Å². The van der Waals surface area contributed by atoms with Gasteiger partial charge in [0.1, 0.15) is 11.3 Å². The van der Waals surface area contributed by atoms with E-state index in [9.17, 15) is 9.90 Å². The maximum absolute atomic E-state index is 11.9. The van der Waals surface area contributed by atoms with Gasteiger partial charge in [-0.05, 0) is 38.5 Å². The average Bonchev–Trinajstić information content (AvgIpc) is 2.83. The van der Waals surface area contributed by atoms with Gasteiger partial charge in [0.05, 0.1) is 11.8 Å². The van der Waals surface area contributed by atoms with Gasteiger partial charge in [-0.3, -0.25) is 4.79 Å². The van der Waals surface area contributed by atoms with Crippen LogP contribution in [-0.2, 0) is 0 Å². The van der Waals surface area contributed by atoms with Crippen LogP contribution < -0.4 is 5.32 Å². The number of nitrogens with zero attached hydrogens (tertiary/aromatic N) is 1. The summed E-state index contributed by atoms with van der Waals surface area (Å²) in [5.41, 5.74) is -0.322. The Hall–Kier alpha value is -1.36. The average molecular weight is 266 g/mol. The van der Waals surface area contributed by atoms with Crippen molar-refractivity contribution in [3.63, 3.8) is 0 Å². The normalized spacial score (nSPS) is 27.2. The number of aliphatic hydroxyl groups is 1. The number of nitrogens with one attached hydrogen (secondary N) is 1. The number of amides is 1. The second-order valence-electron chi connectivity index (χ2n) is 5.55. The van der Waals surface area contributed by atoms with Crippen LogP contribution in [0.1, 0.15) is 55.1 Å². The summed E-state index contributed by atoms with van der Waals surface area (Å²) in [6, 6.07) is 0. The number of rotatable bonds is 4. The zero-order chi connectivity index (χ0) is 13.9. The highest BCUT2D eigenvalue weighted by Crippen LogP contribution is 2.33. The molecule has 0 unspecified atom stereocenters. The third kappa shape index (κ3) is 3.35. The topological polar surface area (TPSA) is 75.4 Å². The number of aryl methyl sites for hydroxylation is 1. The second kappa shape index (κ2) is 5.74. The molecule has 19 heavy (non-hydrogen) atoms.